The van der Waals surface area contributed by atoms with E-state index in [1.165, 1.54) is 0 Å². The van der Waals surface area contributed by atoms with Gasteiger partial charge in [0.1, 0.15) is 6.54 Å². The van der Waals surface area contributed by atoms with Gasteiger partial charge in [0.15, 0.2) is 0 Å². The number of imide groups is 1. The van der Waals surface area contributed by atoms with E-state index in [-0.39, 0.29) is 12.5 Å². The molecule has 3 heterocycles. The lowest BCUT2D eigenvalue weighted by Gasteiger charge is -2.18. The van der Waals surface area contributed by atoms with E-state index in [4.69, 9.17) is 0 Å². The van der Waals surface area contributed by atoms with Crippen LogP contribution in [0.2, 0.25) is 0 Å². The van der Waals surface area contributed by atoms with E-state index >= 15 is 0 Å². The van der Waals surface area contributed by atoms with Crippen molar-refractivity contribution in [2.24, 2.45) is 0 Å². The molecule has 0 N–H and O–H groups in total. The number of hydrogen-bond acceptors (Lipinski definition) is 5. The molecule has 7 heteroatoms. The summed E-state index contributed by atoms with van der Waals surface area (Å²) >= 11 is 0.861. The van der Waals surface area contributed by atoms with Gasteiger partial charge < -0.3 is 4.90 Å². The van der Waals surface area contributed by atoms with Crippen molar-refractivity contribution >= 4 is 34.9 Å². The molecule has 0 bridgehead atoms. The SMILES string of the molecule is O=C(CN1C(=O)S/C(=C\c2cccnc2)C1=O)N1CCCC1. The fourth-order valence-electron chi connectivity index (χ4n) is 2.45. The number of amides is 3. The maximum absolute atomic E-state index is 12.3. The van der Waals surface area contributed by atoms with Crippen molar-refractivity contribution in [1.82, 2.24) is 14.8 Å². The minimum absolute atomic E-state index is 0.164. The van der Waals surface area contributed by atoms with Crippen LogP contribution >= 0.6 is 11.8 Å². The van der Waals surface area contributed by atoms with Crippen molar-refractivity contribution in [3.05, 3.63) is 35.0 Å². The molecule has 0 radical (unpaired) electrons. The van der Waals surface area contributed by atoms with Crippen LogP contribution in [0.15, 0.2) is 29.4 Å². The average molecular weight is 317 g/mol. The topological polar surface area (TPSA) is 70.6 Å². The highest BCUT2D eigenvalue weighted by molar-refractivity contribution is 8.18. The molecule has 3 rings (SSSR count). The third kappa shape index (κ3) is 3.04. The third-order valence-corrected chi connectivity index (χ3v) is 4.52. The standard InChI is InChI=1S/C15H15N3O3S/c19-13(17-6-1-2-7-17)10-18-14(20)12(22-15(18)21)8-11-4-3-5-16-9-11/h3-5,8-9H,1-2,6-7,10H2/b12-8-. The molecule has 2 aliphatic rings. The summed E-state index contributed by atoms with van der Waals surface area (Å²) in [5.74, 6) is -0.575. The average Bonchev–Trinajstić information content (AvgIpc) is 3.13. The number of aromatic nitrogens is 1. The molecule has 0 atom stereocenters. The first kappa shape index (κ1) is 14.8. The van der Waals surface area contributed by atoms with Gasteiger partial charge in [0.25, 0.3) is 11.1 Å². The Morgan fingerprint density at radius 2 is 2.09 bits per heavy atom. The third-order valence-electron chi connectivity index (χ3n) is 3.61. The normalized spacial score (nSPS) is 20.3. The molecule has 1 aromatic rings. The highest BCUT2D eigenvalue weighted by Gasteiger charge is 2.37. The van der Waals surface area contributed by atoms with Gasteiger partial charge in [-0.05, 0) is 42.3 Å². The number of thioether (sulfide) groups is 1. The van der Waals surface area contributed by atoms with Gasteiger partial charge in [-0.15, -0.1) is 0 Å². The van der Waals surface area contributed by atoms with Gasteiger partial charge >= 0.3 is 0 Å². The maximum atomic E-state index is 12.3. The van der Waals surface area contributed by atoms with Crippen LogP contribution in [-0.2, 0) is 9.59 Å². The van der Waals surface area contributed by atoms with Gasteiger partial charge in [0.2, 0.25) is 5.91 Å². The molecule has 2 saturated heterocycles. The summed E-state index contributed by atoms with van der Waals surface area (Å²) in [5.41, 5.74) is 0.749. The smallest absolute Gasteiger partial charge is 0.294 e. The molecule has 0 spiro atoms. The molecule has 3 amide bonds. The molecular weight excluding hydrogens is 302 g/mol. The summed E-state index contributed by atoms with van der Waals surface area (Å²) in [7, 11) is 0. The fraction of sp³-hybridized carbons (Fsp3) is 0.333. The van der Waals surface area contributed by atoms with Crippen LogP contribution in [0.5, 0.6) is 0 Å². The number of pyridine rings is 1. The molecule has 1 aromatic heterocycles. The zero-order valence-corrected chi connectivity index (χ0v) is 12.7. The molecule has 0 aliphatic carbocycles. The Kier molecular flexibility index (Phi) is 4.24. The lowest BCUT2D eigenvalue weighted by Crippen LogP contribution is -2.40. The number of hydrogen-bond donors (Lipinski definition) is 0. The van der Waals surface area contributed by atoms with E-state index in [9.17, 15) is 14.4 Å². The Morgan fingerprint density at radius 1 is 1.32 bits per heavy atom. The second kappa shape index (κ2) is 6.31. The summed E-state index contributed by atoms with van der Waals surface area (Å²) in [6, 6.07) is 3.56. The van der Waals surface area contributed by atoms with Gasteiger partial charge in [-0.3, -0.25) is 24.3 Å². The number of rotatable bonds is 3. The van der Waals surface area contributed by atoms with E-state index in [1.54, 1.807) is 35.5 Å². The summed E-state index contributed by atoms with van der Waals surface area (Å²) in [5, 5.41) is -0.396. The van der Waals surface area contributed by atoms with Crippen LogP contribution in [0.3, 0.4) is 0 Å². The fourth-order valence-corrected chi connectivity index (χ4v) is 3.29. The predicted molar refractivity (Wildman–Crippen MR) is 82.7 cm³/mol. The maximum Gasteiger partial charge on any atom is 0.294 e. The van der Waals surface area contributed by atoms with Crippen molar-refractivity contribution in [3.8, 4) is 0 Å². The molecule has 2 aliphatic heterocycles. The number of likely N-dealkylation sites (tertiary alicyclic amines) is 1. The van der Waals surface area contributed by atoms with Crippen molar-refractivity contribution in [3.63, 3.8) is 0 Å². The van der Waals surface area contributed by atoms with Crippen molar-refractivity contribution in [2.45, 2.75) is 12.8 Å². The first-order valence-electron chi connectivity index (χ1n) is 7.08. The summed E-state index contributed by atoms with van der Waals surface area (Å²) in [6.45, 7) is 1.25. The van der Waals surface area contributed by atoms with Crippen LogP contribution in [0.25, 0.3) is 6.08 Å². The van der Waals surface area contributed by atoms with Gasteiger partial charge in [0, 0.05) is 25.5 Å². The van der Waals surface area contributed by atoms with Crippen LogP contribution in [0.1, 0.15) is 18.4 Å². The predicted octanol–water partition coefficient (Wildman–Crippen LogP) is 1.74. The van der Waals surface area contributed by atoms with Crippen LogP contribution in [-0.4, -0.2) is 51.5 Å². The second-order valence-electron chi connectivity index (χ2n) is 5.14. The van der Waals surface area contributed by atoms with Gasteiger partial charge in [-0.25, -0.2) is 0 Å². The molecule has 22 heavy (non-hydrogen) atoms. The summed E-state index contributed by atoms with van der Waals surface area (Å²) in [4.78, 5) is 43.4. The minimum atomic E-state index is -0.411. The quantitative estimate of drug-likeness (QED) is 0.794. The molecule has 114 valence electrons. The molecule has 0 saturated carbocycles. The van der Waals surface area contributed by atoms with Crippen LogP contribution in [0.4, 0.5) is 4.79 Å². The Morgan fingerprint density at radius 3 is 2.77 bits per heavy atom. The van der Waals surface area contributed by atoms with E-state index in [0.29, 0.717) is 18.0 Å². The zero-order chi connectivity index (χ0) is 15.5. The molecule has 6 nitrogen and oxygen atoms in total. The lowest BCUT2D eigenvalue weighted by atomic mass is 10.2. The highest BCUT2D eigenvalue weighted by atomic mass is 32.2. The Labute approximate surface area is 132 Å². The molecule has 0 aromatic carbocycles. The molecular formula is C15H15N3O3S. The van der Waals surface area contributed by atoms with Gasteiger partial charge in [-0.2, -0.15) is 0 Å². The Hall–Kier alpha value is -2.15. The second-order valence-corrected chi connectivity index (χ2v) is 6.14. The van der Waals surface area contributed by atoms with E-state index in [0.717, 1.165) is 35.1 Å². The Bertz CT molecular complexity index is 639. The molecule has 2 fully saturated rings. The van der Waals surface area contributed by atoms with Crippen LogP contribution in [0, 0.1) is 0 Å². The largest absolute Gasteiger partial charge is 0.341 e. The van der Waals surface area contributed by atoms with Crippen molar-refractivity contribution in [2.75, 3.05) is 19.6 Å². The number of nitrogens with zero attached hydrogens (tertiary/aromatic N) is 3. The lowest BCUT2D eigenvalue weighted by molar-refractivity contribution is -0.135. The highest BCUT2D eigenvalue weighted by Crippen LogP contribution is 2.32. The molecule has 0 unspecified atom stereocenters. The minimum Gasteiger partial charge on any atom is -0.341 e. The van der Waals surface area contributed by atoms with Crippen LogP contribution < -0.4 is 0 Å². The van der Waals surface area contributed by atoms with Crippen molar-refractivity contribution < 1.29 is 14.4 Å². The number of carbonyl (C=O) groups is 3. The van der Waals surface area contributed by atoms with E-state index in [2.05, 4.69) is 4.98 Å². The van der Waals surface area contributed by atoms with Gasteiger partial charge in [-0.1, -0.05) is 6.07 Å². The first-order chi connectivity index (χ1) is 10.6. The van der Waals surface area contributed by atoms with E-state index in [1.807, 2.05) is 0 Å². The van der Waals surface area contributed by atoms with E-state index < -0.39 is 11.1 Å². The van der Waals surface area contributed by atoms with Crippen molar-refractivity contribution in [1.29, 1.82) is 0 Å². The number of carbonyl (C=O) groups excluding carboxylic acids is 3. The monoisotopic (exact) mass is 317 g/mol. The summed E-state index contributed by atoms with van der Waals surface area (Å²) < 4.78 is 0. The summed E-state index contributed by atoms with van der Waals surface area (Å²) in [6.07, 6.45) is 6.84. The zero-order valence-electron chi connectivity index (χ0n) is 11.9. The van der Waals surface area contributed by atoms with Gasteiger partial charge in [0.05, 0.1) is 4.91 Å². The Balaban J connectivity index is 1.71. The first-order valence-corrected chi connectivity index (χ1v) is 7.90.